The molecule has 1 amide bonds. The number of nitrogens with zero attached hydrogens (tertiary/aromatic N) is 2. The Morgan fingerprint density at radius 1 is 1.60 bits per heavy atom. The SMILES string of the molecule is N#Cc1ncc(C(N)=O)c(C(F)F)c1F. The van der Waals surface area contributed by atoms with Gasteiger partial charge in [0.25, 0.3) is 12.3 Å². The molecular weight excluding hydrogens is 211 g/mol. The van der Waals surface area contributed by atoms with Gasteiger partial charge in [-0.15, -0.1) is 0 Å². The van der Waals surface area contributed by atoms with Crippen molar-refractivity contribution in [1.29, 1.82) is 5.26 Å². The lowest BCUT2D eigenvalue weighted by atomic mass is 10.1. The molecule has 0 fully saturated rings. The van der Waals surface area contributed by atoms with Crippen molar-refractivity contribution in [2.24, 2.45) is 5.73 Å². The van der Waals surface area contributed by atoms with Crippen molar-refractivity contribution >= 4 is 5.91 Å². The number of aromatic nitrogens is 1. The lowest BCUT2D eigenvalue weighted by Gasteiger charge is -2.06. The number of alkyl halides is 2. The second-order valence-electron chi connectivity index (χ2n) is 2.52. The molecule has 0 saturated heterocycles. The molecule has 0 spiro atoms. The van der Waals surface area contributed by atoms with Crippen molar-refractivity contribution in [3.63, 3.8) is 0 Å². The van der Waals surface area contributed by atoms with E-state index in [4.69, 9.17) is 11.0 Å². The Kier molecular flexibility index (Phi) is 2.90. The molecule has 0 unspecified atom stereocenters. The van der Waals surface area contributed by atoms with Gasteiger partial charge in [0.05, 0.1) is 11.1 Å². The molecule has 1 rings (SSSR count). The minimum atomic E-state index is -3.23. The van der Waals surface area contributed by atoms with Crippen LogP contribution in [-0.2, 0) is 0 Å². The predicted molar refractivity (Wildman–Crippen MR) is 42.4 cm³/mol. The first kappa shape index (κ1) is 11.0. The van der Waals surface area contributed by atoms with Gasteiger partial charge in [0.2, 0.25) is 0 Å². The van der Waals surface area contributed by atoms with Crippen LogP contribution in [0.5, 0.6) is 0 Å². The second-order valence-corrected chi connectivity index (χ2v) is 2.52. The van der Waals surface area contributed by atoms with Crippen molar-refractivity contribution in [3.8, 4) is 6.07 Å². The molecule has 0 radical (unpaired) electrons. The van der Waals surface area contributed by atoms with Gasteiger partial charge in [0.15, 0.2) is 11.5 Å². The number of amides is 1. The smallest absolute Gasteiger partial charge is 0.267 e. The second kappa shape index (κ2) is 3.96. The van der Waals surface area contributed by atoms with E-state index in [0.717, 1.165) is 0 Å². The van der Waals surface area contributed by atoms with E-state index < -0.39 is 35.0 Å². The molecule has 1 aromatic rings. The Morgan fingerprint density at radius 2 is 2.20 bits per heavy atom. The molecular formula is C8H4F3N3O. The van der Waals surface area contributed by atoms with Crippen LogP contribution in [0.1, 0.15) is 28.0 Å². The third kappa shape index (κ3) is 1.88. The third-order valence-corrected chi connectivity index (χ3v) is 1.65. The number of nitriles is 1. The lowest BCUT2D eigenvalue weighted by Crippen LogP contribution is -2.16. The summed E-state index contributed by atoms with van der Waals surface area (Å²) in [5.41, 5.74) is 2.05. The van der Waals surface area contributed by atoms with Crippen LogP contribution in [-0.4, -0.2) is 10.9 Å². The Morgan fingerprint density at radius 3 is 2.60 bits per heavy atom. The molecule has 2 N–H and O–H groups in total. The van der Waals surface area contributed by atoms with Gasteiger partial charge in [-0.05, 0) is 0 Å². The van der Waals surface area contributed by atoms with Crippen LogP contribution in [0.15, 0.2) is 6.20 Å². The van der Waals surface area contributed by atoms with Gasteiger partial charge in [0, 0.05) is 6.20 Å². The summed E-state index contributed by atoms with van der Waals surface area (Å²) < 4.78 is 37.9. The van der Waals surface area contributed by atoms with Crippen LogP contribution < -0.4 is 5.73 Å². The minimum absolute atomic E-state index is 0.658. The molecule has 15 heavy (non-hydrogen) atoms. The normalized spacial score (nSPS) is 10.1. The fourth-order valence-corrected chi connectivity index (χ4v) is 0.989. The van der Waals surface area contributed by atoms with E-state index in [1.807, 2.05) is 0 Å². The summed E-state index contributed by atoms with van der Waals surface area (Å²) >= 11 is 0. The number of rotatable bonds is 2. The van der Waals surface area contributed by atoms with E-state index in [2.05, 4.69) is 4.98 Å². The number of hydrogen-bond donors (Lipinski definition) is 1. The number of primary amides is 1. The first-order valence-corrected chi connectivity index (χ1v) is 3.65. The quantitative estimate of drug-likeness (QED) is 0.802. The monoisotopic (exact) mass is 215 g/mol. The largest absolute Gasteiger partial charge is 0.366 e. The first-order valence-electron chi connectivity index (χ1n) is 3.65. The Labute approximate surface area is 82.1 Å². The van der Waals surface area contributed by atoms with E-state index in [9.17, 15) is 18.0 Å². The number of carbonyl (C=O) groups excluding carboxylic acids is 1. The molecule has 1 heterocycles. The summed E-state index contributed by atoms with van der Waals surface area (Å²) in [7, 11) is 0. The summed E-state index contributed by atoms with van der Waals surface area (Å²) in [5.74, 6) is -2.73. The number of hydrogen-bond acceptors (Lipinski definition) is 3. The summed E-state index contributed by atoms with van der Waals surface area (Å²) in [6, 6.07) is 1.29. The Bertz CT molecular complexity index is 453. The molecule has 0 aliphatic heterocycles. The highest BCUT2D eigenvalue weighted by molar-refractivity contribution is 5.94. The molecule has 0 aromatic carbocycles. The fraction of sp³-hybridized carbons (Fsp3) is 0.125. The van der Waals surface area contributed by atoms with Gasteiger partial charge >= 0.3 is 0 Å². The van der Waals surface area contributed by atoms with E-state index in [1.165, 1.54) is 6.07 Å². The highest BCUT2D eigenvalue weighted by Gasteiger charge is 2.24. The highest BCUT2D eigenvalue weighted by Crippen LogP contribution is 2.26. The topological polar surface area (TPSA) is 79.8 Å². The van der Waals surface area contributed by atoms with Gasteiger partial charge in [-0.1, -0.05) is 0 Å². The fourth-order valence-electron chi connectivity index (χ4n) is 0.989. The standard InChI is InChI=1S/C8H4F3N3O/c9-6-4(1-12)14-2-3(8(13)15)5(6)7(10)11/h2,7H,(H2,13,15). The van der Waals surface area contributed by atoms with E-state index >= 15 is 0 Å². The van der Waals surface area contributed by atoms with Crippen LogP contribution in [0.2, 0.25) is 0 Å². The maximum Gasteiger partial charge on any atom is 0.267 e. The van der Waals surface area contributed by atoms with Crippen molar-refractivity contribution in [2.45, 2.75) is 6.43 Å². The Hall–Kier alpha value is -2.10. The highest BCUT2D eigenvalue weighted by atomic mass is 19.3. The molecule has 0 bridgehead atoms. The van der Waals surface area contributed by atoms with Gasteiger partial charge in [-0.2, -0.15) is 5.26 Å². The number of halogens is 3. The van der Waals surface area contributed by atoms with Crippen LogP contribution in [0.4, 0.5) is 13.2 Å². The molecule has 0 atom stereocenters. The number of nitrogens with two attached hydrogens (primary N) is 1. The van der Waals surface area contributed by atoms with Gasteiger partial charge in [0.1, 0.15) is 6.07 Å². The average molecular weight is 215 g/mol. The minimum Gasteiger partial charge on any atom is -0.366 e. The van der Waals surface area contributed by atoms with Gasteiger partial charge in [-0.3, -0.25) is 4.79 Å². The van der Waals surface area contributed by atoms with Crippen LogP contribution in [0.25, 0.3) is 0 Å². The van der Waals surface area contributed by atoms with Crippen molar-refractivity contribution < 1.29 is 18.0 Å². The number of pyridine rings is 1. The summed E-state index contributed by atoms with van der Waals surface area (Å²) in [6.07, 6.45) is -2.58. The van der Waals surface area contributed by atoms with Gasteiger partial charge in [-0.25, -0.2) is 18.2 Å². The molecule has 0 aliphatic rings. The average Bonchev–Trinajstić information content (AvgIpc) is 2.16. The van der Waals surface area contributed by atoms with Crippen molar-refractivity contribution in [1.82, 2.24) is 4.98 Å². The van der Waals surface area contributed by atoms with E-state index in [0.29, 0.717) is 6.20 Å². The maximum absolute atomic E-state index is 13.2. The zero-order valence-electron chi connectivity index (χ0n) is 7.17. The first-order chi connectivity index (χ1) is 6.99. The molecule has 7 heteroatoms. The summed E-state index contributed by atoms with van der Waals surface area (Å²) in [6.45, 7) is 0. The number of carbonyl (C=O) groups is 1. The summed E-state index contributed by atoms with van der Waals surface area (Å²) in [4.78, 5) is 13.9. The zero-order chi connectivity index (χ0) is 11.6. The van der Waals surface area contributed by atoms with Crippen LogP contribution >= 0.6 is 0 Å². The van der Waals surface area contributed by atoms with Crippen molar-refractivity contribution in [3.05, 3.63) is 28.8 Å². The Balaban J connectivity index is 3.53. The van der Waals surface area contributed by atoms with E-state index in [-0.39, 0.29) is 0 Å². The molecule has 0 aliphatic carbocycles. The zero-order valence-corrected chi connectivity index (χ0v) is 7.17. The lowest BCUT2D eigenvalue weighted by molar-refractivity contribution is 0.0982. The molecule has 78 valence electrons. The maximum atomic E-state index is 13.2. The van der Waals surface area contributed by atoms with E-state index in [1.54, 1.807) is 0 Å². The van der Waals surface area contributed by atoms with Crippen molar-refractivity contribution in [2.75, 3.05) is 0 Å². The molecule has 4 nitrogen and oxygen atoms in total. The van der Waals surface area contributed by atoms with Crippen LogP contribution in [0, 0.1) is 17.1 Å². The van der Waals surface area contributed by atoms with Crippen LogP contribution in [0.3, 0.4) is 0 Å². The molecule has 1 aromatic heterocycles. The molecule has 0 saturated carbocycles. The summed E-state index contributed by atoms with van der Waals surface area (Å²) in [5, 5.41) is 8.34. The van der Waals surface area contributed by atoms with Gasteiger partial charge < -0.3 is 5.73 Å². The predicted octanol–water partition coefficient (Wildman–Crippen LogP) is 1.13. The third-order valence-electron chi connectivity index (χ3n) is 1.65.